The van der Waals surface area contributed by atoms with E-state index in [1.165, 1.54) is 0 Å². The first-order valence-electron chi connectivity index (χ1n) is 9.01. The zero-order chi connectivity index (χ0) is 18.6. The maximum Gasteiger partial charge on any atom is 0.231 e. The van der Waals surface area contributed by atoms with Gasteiger partial charge in [0, 0.05) is 36.5 Å². The lowest BCUT2D eigenvalue weighted by atomic mass is 9.90. The Morgan fingerprint density at radius 2 is 1.96 bits per heavy atom. The molecule has 134 valence electrons. The SMILES string of the molecule is N#Cc1ccc(C[C@@H]2CCCN(c3cc(-c4ccncc4)n[nH]3)C2=O)cc1. The first-order chi connectivity index (χ1) is 13.2. The maximum atomic E-state index is 13.0. The summed E-state index contributed by atoms with van der Waals surface area (Å²) >= 11 is 0. The van der Waals surface area contributed by atoms with Crippen LogP contribution in [0, 0.1) is 17.2 Å². The van der Waals surface area contributed by atoms with Gasteiger partial charge in [-0.3, -0.25) is 19.8 Å². The zero-order valence-electron chi connectivity index (χ0n) is 14.8. The normalized spacial score (nSPS) is 16.9. The van der Waals surface area contributed by atoms with Crippen molar-refractivity contribution in [3.05, 3.63) is 66.0 Å². The van der Waals surface area contributed by atoms with E-state index >= 15 is 0 Å². The minimum atomic E-state index is -0.0561. The quantitative estimate of drug-likeness (QED) is 0.776. The minimum Gasteiger partial charge on any atom is -0.297 e. The second-order valence-electron chi connectivity index (χ2n) is 6.72. The van der Waals surface area contributed by atoms with E-state index in [2.05, 4.69) is 21.3 Å². The highest BCUT2D eigenvalue weighted by atomic mass is 16.2. The number of nitriles is 1. The van der Waals surface area contributed by atoms with Crippen LogP contribution in [0.3, 0.4) is 0 Å². The number of aromatic amines is 1. The van der Waals surface area contributed by atoms with Crippen molar-refractivity contribution in [2.24, 2.45) is 5.92 Å². The minimum absolute atomic E-state index is 0.0561. The Bertz CT molecular complexity index is 972. The van der Waals surface area contributed by atoms with Crippen LogP contribution in [0.25, 0.3) is 11.3 Å². The maximum absolute atomic E-state index is 13.0. The molecule has 0 unspecified atom stereocenters. The van der Waals surface area contributed by atoms with Gasteiger partial charge in [0.1, 0.15) is 5.82 Å². The van der Waals surface area contributed by atoms with Gasteiger partial charge in [0.25, 0.3) is 0 Å². The highest BCUT2D eigenvalue weighted by Crippen LogP contribution is 2.28. The monoisotopic (exact) mass is 357 g/mol. The molecule has 27 heavy (non-hydrogen) atoms. The third-order valence-electron chi connectivity index (χ3n) is 4.95. The number of amides is 1. The first kappa shape index (κ1) is 17.0. The van der Waals surface area contributed by atoms with Crippen LogP contribution in [0.4, 0.5) is 5.82 Å². The molecule has 0 radical (unpaired) electrons. The lowest BCUT2D eigenvalue weighted by Crippen LogP contribution is -2.42. The van der Waals surface area contributed by atoms with E-state index < -0.39 is 0 Å². The van der Waals surface area contributed by atoms with E-state index in [0.29, 0.717) is 18.5 Å². The lowest BCUT2D eigenvalue weighted by Gasteiger charge is -2.31. The number of nitrogens with zero attached hydrogens (tertiary/aromatic N) is 4. The fourth-order valence-electron chi connectivity index (χ4n) is 3.50. The summed E-state index contributed by atoms with van der Waals surface area (Å²) < 4.78 is 0. The first-order valence-corrected chi connectivity index (χ1v) is 9.01. The van der Waals surface area contributed by atoms with Gasteiger partial charge in [-0.05, 0) is 49.1 Å². The average Bonchev–Trinajstić information content (AvgIpc) is 3.21. The zero-order valence-corrected chi connectivity index (χ0v) is 14.8. The molecule has 3 aromatic rings. The topological polar surface area (TPSA) is 85.7 Å². The summed E-state index contributed by atoms with van der Waals surface area (Å²) in [4.78, 5) is 18.8. The number of piperidine rings is 1. The Labute approximate surface area is 157 Å². The summed E-state index contributed by atoms with van der Waals surface area (Å²) in [5.41, 5.74) is 3.48. The largest absolute Gasteiger partial charge is 0.297 e. The Morgan fingerprint density at radius 1 is 1.19 bits per heavy atom. The second kappa shape index (κ2) is 7.42. The fraction of sp³-hybridized carbons (Fsp3) is 0.238. The van der Waals surface area contributed by atoms with Crippen molar-refractivity contribution < 1.29 is 4.79 Å². The molecule has 0 spiro atoms. The Balaban J connectivity index is 1.50. The average molecular weight is 357 g/mol. The second-order valence-corrected chi connectivity index (χ2v) is 6.72. The molecule has 6 nitrogen and oxygen atoms in total. The summed E-state index contributed by atoms with van der Waals surface area (Å²) in [5, 5.41) is 16.3. The molecule has 4 rings (SSSR count). The molecule has 1 aliphatic rings. The third kappa shape index (κ3) is 3.58. The van der Waals surface area contributed by atoms with Gasteiger partial charge in [-0.2, -0.15) is 10.4 Å². The molecular weight excluding hydrogens is 338 g/mol. The highest BCUT2D eigenvalue weighted by molar-refractivity contribution is 5.95. The van der Waals surface area contributed by atoms with Crippen LogP contribution < -0.4 is 4.90 Å². The van der Waals surface area contributed by atoms with E-state index in [1.54, 1.807) is 29.4 Å². The van der Waals surface area contributed by atoms with E-state index in [0.717, 1.165) is 35.5 Å². The number of hydrogen-bond donors (Lipinski definition) is 1. The van der Waals surface area contributed by atoms with Crippen LogP contribution >= 0.6 is 0 Å². The molecule has 1 amide bonds. The van der Waals surface area contributed by atoms with Crippen LogP contribution in [0.1, 0.15) is 24.0 Å². The fourth-order valence-corrected chi connectivity index (χ4v) is 3.50. The van der Waals surface area contributed by atoms with Crippen molar-refractivity contribution in [2.75, 3.05) is 11.4 Å². The summed E-state index contributed by atoms with van der Waals surface area (Å²) in [6, 6.07) is 15.3. The molecule has 1 aliphatic heterocycles. The van der Waals surface area contributed by atoms with Crippen molar-refractivity contribution in [1.82, 2.24) is 15.2 Å². The van der Waals surface area contributed by atoms with Gasteiger partial charge in [-0.1, -0.05) is 12.1 Å². The molecule has 1 saturated heterocycles. The summed E-state index contributed by atoms with van der Waals surface area (Å²) in [6.07, 6.45) is 5.97. The summed E-state index contributed by atoms with van der Waals surface area (Å²) in [5.74, 6) is 0.797. The molecule has 0 saturated carbocycles. The van der Waals surface area contributed by atoms with E-state index in [1.807, 2.05) is 30.3 Å². The van der Waals surface area contributed by atoms with E-state index in [9.17, 15) is 4.79 Å². The lowest BCUT2D eigenvalue weighted by molar-refractivity contribution is -0.123. The molecule has 0 bridgehead atoms. The Hall–Kier alpha value is -3.46. The number of nitrogens with one attached hydrogen (secondary N) is 1. The smallest absolute Gasteiger partial charge is 0.231 e. The molecule has 1 aromatic carbocycles. The molecule has 0 aliphatic carbocycles. The van der Waals surface area contributed by atoms with Crippen LogP contribution in [0.15, 0.2) is 54.9 Å². The Kier molecular flexibility index (Phi) is 4.67. The number of rotatable bonds is 4. The highest BCUT2D eigenvalue weighted by Gasteiger charge is 2.30. The number of H-pyrrole nitrogens is 1. The van der Waals surface area contributed by atoms with Crippen LogP contribution in [0.5, 0.6) is 0 Å². The van der Waals surface area contributed by atoms with Gasteiger partial charge in [-0.25, -0.2) is 0 Å². The molecule has 1 atom stereocenters. The van der Waals surface area contributed by atoms with Gasteiger partial charge in [0.15, 0.2) is 0 Å². The number of anilines is 1. The van der Waals surface area contributed by atoms with Crippen LogP contribution in [-0.4, -0.2) is 27.6 Å². The number of carbonyl (C=O) groups excluding carboxylic acids is 1. The van der Waals surface area contributed by atoms with Crippen molar-refractivity contribution in [2.45, 2.75) is 19.3 Å². The number of carbonyl (C=O) groups is 1. The molecule has 1 fully saturated rings. The predicted molar refractivity (Wildman–Crippen MR) is 102 cm³/mol. The van der Waals surface area contributed by atoms with E-state index in [-0.39, 0.29) is 11.8 Å². The van der Waals surface area contributed by atoms with Gasteiger partial charge in [-0.15, -0.1) is 0 Å². The summed E-state index contributed by atoms with van der Waals surface area (Å²) in [7, 11) is 0. The van der Waals surface area contributed by atoms with Gasteiger partial charge < -0.3 is 0 Å². The summed E-state index contributed by atoms with van der Waals surface area (Å²) in [6.45, 7) is 0.695. The number of hydrogen-bond acceptors (Lipinski definition) is 4. The van der Waals surface area contributed by atoms with Crippen molar-refractivity contribution in [3.63, 3.8) is 0 Å². The standard InChI is InChI=1S/C21H19N5O/c22-14-16-5-3-15(4-6-16)12-18-2-1-11-26(21(18)27)20-13-19(24-25-20)17-7-9-23-10-8-17/h3-10,13,18H,1-2,11-12H2,(H,24,25)/t18-/m0/s1. The van der Waals surface area contributed by atoms with Gasteiger partial charge in [0.05, 0.1) is 17.3 Å². The van der Waals surface area contributed by atoms with Crippen molar-refractivity contribution in [3.8, 4) is 17.3 Å². The number of pyridine rings is 1. The van der Waals surface area contributed by atoms with Crippen LogP contribution in [0.2, 0.25) is 0 Å². The number of benzene rings is 1. The Morgan fingerprint density at radius 3 is 2.70 bits per heavy atom. The molecule has 1 N–H and O–H groups in total. The van der Waals surface area contributed by atoms with E-state index in [4.69, 9.17) is 5.26 Å². The van der Waals surface area contributed by atoms with Crippen LogP contribution in [-0.2, 0) is 11.2 Å². The van der Waals surface area contributed by atoms with Gasteiger partial charge >= 0.3 is 0 Å². The molecule has 6 heteroatoms. The molecule has 3 heterocycles. The van der Waals surface area contributed by atoms with Gasteiger partial charge in [0.2, 0.25) is 5.91 Å². The molecule has 2 aromatic heterocycles. The van der Waals surface area contributed by atoms with Crippen molar-refractivity contribution >= 4 is 11.7 Å². The molecular formula is C21H19N5O. The number of aromatic nitrogens is 3. The van der Waals surface area contributed by atoms with Crippen molar-refractivity contribution in [1.29, 1.82) is 5.26 Å². The third-order valence-corrected chi connectivity index (χ3v) is 4.95. The predicted octanol–water partition coefficient (Wildman–Crippen LogP) is 3.33.